The van der Waals surface area contributed by atoms with Gasteiger partial charge in [0, 0.05) is 21.4 Å². The van der Waals surface area contributed by atoms with E-state index in [4.69, 9.17) is 23.2 Å². The van der Waals surface area contributed by atoms with Crippen molar-refractivity contribution in [3.05, 3.63) is 64.1 Å². The molecule has 2 aromatic carbocycles. The Hall–Kier alpha value is -2.37. The molecule has 128 valence electrons. The molecule has 5 nitrogen and oxygen atoms in total. The van der Waals surface area contributed by atoms with Gasteiger partial charge in [0.05, 0.1) is 6.04 Å². The molecule has 0 aromatic heterocycles. The molecule has 3 amide bonds. The van der Waals surface area contributed by atoms with Crippen molar-refractivity contribution in [3.63, 3.8) is 0 Å². The zero-order chi connectivity index (χ0) is 18.0. The Bertz CT molecular complexity index is 867. The molecule has 0 saturated heterocycles. The van der Waals surface area contributed by atoms with Gasteiger partial charge in [-0.05, 0) is 42.8 Å². The van der Waals surface area contributed by atoms with Crippen LogP contribution in [-0.2, 0) is 4.79 Å². The number of hydrogen-bond acceptors (Lipinski definition) is 2. The van der Waals surface area contributed by atoms with Gasteiger partial charge in [-0.25, -0.2) is 9.79 Å². The molecule has 2 unspecified atom stereocenters. The lowest BCUT2D eigenvalue weighted by Gasteiger charge is -2.30. The van der Waals surface area contributed by atoms with E-state index in [0.717, 1.165) is 5.56 Å². The summed E-state index contributed by atoms with van der Waals surface area (Å²) in [7, 11) is 0. The molecule has 0 bridgehead atoms. The molecule has 0 aliphatic carbocycles. The summed E-state index contributed by atoms with van der Waals surface area (Å²) in [6.45, 7) is 1.67. The van der Waals surface area contributed by atoms with Gasteiger partial charge in [0.2, 0.25) is 5.91 Å². The number of nitrogens with zero attached hydrogens (tertiary/aromatic N) is 1. The quantitative estimate of drug-likeness (QED) is 0.830. The molecule has 1 heterocycles. The van der Waals surface area contributed by atoms with Crippen LogP contribution in [0.25, 0.3) is 0 Å². The number of aliphatic imine (C=N–C) groups is 1. The Morgan fingerprint density at radius 2 is 1.80 bits per heavy atom. The zero-order valence-corrected chi connectivity index (χ0v) is 14.8. The van der Waals surface area contributed by atoms with Gasteiger partial charge in [-0.1, -0.05) is 41.4 Å². The van der Waals surface area contributed by atoms with Crippen LogP contribution in [0.5, 0.6) is 0 Å². The summed E-state index contributed by atoms with van der Waals surface area (Å²) in [5.41, 5.74) is 1.75. The summed E-state index contributed by atoms with van der Waals surface area (Å²) in [4.78, 5) is 28.6. The van der Waals surface area contributed by atoms with Crippen LogP contribution in [-0.4, -0.2) is 17.6 Å². The molecule has 2 aromatic rings. The molecule has 1 aliphatic heterocycles. The molecule has 2 atom stereocenters. The van der Waals surface area contributed by atoms with Crippen LogP contribution >= 0.6 is 23.2 Å². The molecule has 1 aliphatic rings. The van der Waals surface area contributed by atoms with E-state index in [2.05, 4.69) is 15.6 Å². The Morgan fingerprint density at radius 1 is 1.12 bits per heavy atom. The van der Waals surface area contributed by atoms with Crippen LogP contribution in [0.4, 0.5) is 10.5 Å². The largest absolute Gasteiger partial charge is 0.341 e. The summed E-state index contributed by atoms with van der Waals surface area (Å²) < 4.78 is 0. The van der Waals surface area contributed by atoms with Crippen LogP contribution < -0.4 is 10.6 Å². The number of urea groups is 1. The van der Waals surface area contributed by atoms with E-state index in [-0.39, 0.29) is 5.91 Å². The van der Waals surface area contributed by atoms with Crippen molar-refractivity contribution in [2.24, 2.45) is 10.9 Å². The van der Waals surface area contributed by atoms with Gasteiger partial charge in [-0.2, -0.15) is 0 Å². The number of halogens is 2. The Labute approximate surface area is 155 Å². The third kappa shape index (κ3) is 4.00. The van der Waals surface area contributed by atoms with Crippen LogP contribution in [0.15, 0.2) is 53.5 Å². The van der Waals surface area contributed by atoms with E-state index in [9.17, 15) is 9.59 Å². The van der Waals surface area contributed by atoms with Crippen molar-refractivity contribution >= 4 is 46.5 Å². The average molecular weight is 376 g/mol. The normalized spacial score (nSPS) is 19.8. The summed E-state index contributed by atoms with van der Waals surface area (Å²) >= 11 is 12.0. The highest BCUT2D eigenvalue weighted by Gasteiger charge is 2.36. The molecule has 25 heavy (non-hydrogen) atoms. The van der Waals surface area contributed by atoms with Gasteiger partial charge in [0.1, 0.15) is 5.92 Å². The molecule has 2 N–H and O–H groups in total. The van der Waals surface area contributed by atoms with E-state index in [1.807, 2.05) is 6.07 Å². The molecular formula is C18H15Cl2N3O2. The van der Waals surface area contributed by atoms with E-state index in [0.29, 0.717) is 21.4 Å². The van der Waals surface area contributed by atoms with Gasteiger partial charge in [0.25, 0.3) is 0 Å². The number of amides is 3. The van der Waals surface area contributed by atoms with E-state index in [1.165, 1.54) is 0 Å². The van der Waals surface area contributed by atoms with Gasteiger partial charge in [-0.15, -0.1) is 0 Å². The number of carbonyl (C=O) groups is 2. The standard InChI is InChI=1S/C18H15Cl2N3O2/c1-10-15(17(24)22-14-7-3-6-13(20)9-14)16(23-18(25)21-10)11-4-2-5-12(19)8-11/h2-9,15-16H,1H3,(H,22,24)(H,23,25). The van der Waals surface area contributed by atoms with Crippen LogP contribution in [0.3, 0.4) is 0 Å². The predicted octanol–water partition coefficient (Wildman–Crippen LogP) is 4.47. The minimum atomic E-state index is -0.657. The van der Waals surface area contributed by atoms with E-state index in [1.54, 1.807) is 49.4 Å². The minimum Gasteiger partial charge on any atom is -0.328 e. The third-order valence-electron chi connectivity index (χ3n) is 3.92. The molecule has 0 spiro atoms. The maximum atomic E-state index is 12.8. The van der Waals surface area contributed by atoms with E-state index >= 15 is 0 Å². The number of anilines is 1. The third-order valence-corrected chi connectivity index (χ3v) is 4.39. The van der Waals surface area contributed by atoms with Crippen molar-refractivity contribution in [2.45, 2.75) is 13.0 Å². The van der Waals surface area contributed by atoms with E-state index < -0.39 is 18.0 Å². The summed E-state index contributed by atoms with van der Waals surface area (Å²) in [5, 5.41) is 6.62. The van der Waals surface area contributed by atoms with Crippen molar-refractivity contribution < 1.29 is 9.59 Å². The van der Waals surface area contributed by atoms with Crippen molar-refractivity contribution in [1.29, 1.82) is 0 Å². The number of hydrogen-bond donors (Lipinski definition) is 2. The van der Waals surface area contributed by atoms with Gasteiger partial charge < -0.3 is 10.6 Å². The second-order valence-corrected chi connectivity index (χ2v) is 6.59. The summed E-state index contributed by atoms with van der Waals surface area (Å²) in [5.74, 6) is -0.941. The highest BCUT2D eigenvalue weighted by molar-refractivity contribution is 6.31. The van der Waals surface area contributed by atoms with Gasteiger partial charge in [0.15, 0.2) is 0 Å². The van der Waals surface area contributed by atoms with Gasteiger partial charge >= 0.3 is 6.03 Å². The second-order valence-electron chi connectivity index (χ2n) is 5.71. The summed E-state index contributed by atoms with van der Waals surface area (Å²) in [6, 6.07) is 12.9. The van der Waals surface area contributed by atoms with Crippen LogP contribution in [0, 0.1) is 5.92 Å². The Morgan fingerprint density at radius 3 is 2.48 bits per heavy atom. The molecule has 0 radical (unpaired) electrons. The fourth-order valence-electron chi connectivity index (χ4n) is 2.82. The number of benzene rings is 2. The average Bonchev–Trinajstić information content (AvgIpc) is 2.54. The monoisotopic (exact) mass is 375 g/mol. The van der Waals surface area contributed by atoms with Crippen molar-refractivity contribution in [1.82, 2.24) is 5.32 Å². The fraction of sp³-hybridized carbons (Fsp3) is 0.167. The van der Waals surface area contributed by atoms with Crippen LogP contribution in [0.2, 0.25) is 10.0 Å². The first-order valence-electron chi connectivity index (χ1n) is 7.61. The molecular weight excluding hydrogens is 361 g/mol. The number of rotatable bonds is 3. The topological polar surface area (TPSA) is 70.6 Å². The van der Waals surface area contributed by atoms with Gasteiger partial charge in [-0.3, -0.25) is 4.79 Å². The summed E-state index contributed by atoms with van der Waals surface area (Å²) in [6.07, 6.45) is 0. The number of nitrogens with one attached hydrogen (secondary N) is 2. The molecule has 0 saturated carbocycles. The van der Waals surface area contributed by atoms with Crippen LogP contribution in [0.1, 0.15) is 18.5 Å². The second kappa shape index (κ2) is 7.25. The minimum absolute atomic E-state index is 0.284. The van der Waals surface area contributed by atoms with Crippen molar-refractivity contribution in [2.75, 3.05) is 5.32 Å². The molecule has 3 rings (SSSR count). The van der Waals surface area contributed by atoms with Crippen molar-refractivity contribution in [3.8, 4) is 0 Å². The maximum absolute atomic E-state index is 12.8. The fourth-order valence-corrected chi connectivity index (χ4v) is 3.21. The first-order valence-corrected chi connectivity index (χ1v) is 8.37. The first-order chi connectivity index (χ1) is 11.9. The Kier molecular flexibility index (Phi) is 5.06. The lowest BCUT2D eigenvalue weighted by molar-refractivity contribution is -0.118. The molecule has 0 fully saturated rings. The SMILES string of the molecule is CC1=NC(=O)NC(c2cccc(Cl)c2)C1C(=O)Nc1cccc(Cl)c1. The predicted molar refractivity (Wildman–Crippen MR) is 99.4 cm³/mol. The maximum Gasteiger partial charge on any atom is 0.341 e. The number of carbonyl (C=O) groups excluding carboxylic acids is 2. The highest BCUT2D eigenvalue weighted by atomic mass is 35.5. The Balaban J connectivity index is 1.93. The molecule has 7 heteroatoms. The first kappa shape index (κ1) is 17.5. The zero-order valence-electron chi connectivity index (χ0n) is 13.3. The smallest absolute Gasteiger partial charge is 0.328 e. The highest BCUT2D eigenvalue weighted by Crippen LogP contribution is 2.29. The lowest BCUT2D eigenvalue weighted by atomic mass is 9.87. The lowest BCUT2D eigenvalue weighted by Crippen LogP contribution is -2.45.